The van der Waals surface area contributed by atoms with Crippen LogP contribution >= 0.6 is 0 Å². The maximum atomic E-state index is 6.03. The number of anilines is 1. The zero-order chi connectivity index (χ0) is 11.5. The van der Waals surface area contributed by atoms with E-state index in [0.29, 0.717) is 0 Å². The van der Waals surface area contributed by atoms with Gasteiger partial charge in [0.2, 0.25) is 0 Å². The zero-order valence-electron chi connectivity index (χ0n) is 10.3. The van der Waals surface area contributed by atoms with Crippen LogP contribution in [0.25, 0.3) is 0 Å². The fourth-order valence-corrected chi connectivity index (χ4v) is 2.17. The molecular weight excluding hydrogens is 196 g/mol. The van der Waals surface area contributed by atoms with Crippen LogP contribution in [0.4, 0.5) is 5.69 Å². The molecule has 0 bridgehead atoms. The number of para-hydroxylation sites is 1. The Kier molecular flexibility index (Phi) is 3.49. The summed E-state index contributed by atoms with van der Waals surface area (Å²) in [5, 5.41) is 0. The van der Waals surface area contributed by atoms with Gasteiger partial charge in [-0.3, -0.25) is 0 Å². The number of hydrogen-bond donors (Lipinski definition) is 1. The lowest BCUT2D eigenvalue weighted by Crippen LogP contribution is -2.27. The molecule has 1 aliphatic carbocycles. The molecule has 1 aliphatic rings. The van der Waals surface area contributed by atoms with Gasteiger partial charge in [0.15, 0.2) is 0 Å². The van der Waals surface area contributed by atoms with Gasteiger partial charge in [-0.05, 0) is 44.2 Å². The molecule has 2 nitrogen and oxygen atoms in total. The van der Waals surface area contributed by atoms with Gasteiger partial charge in [-0.15, -0.1) is 0 Å². The smallest absolute Gasteiger partial charge is 0.0414 e. The van der Waals surface area contributed by atoms with Crippen LogP contribution in [0.2, 0.25) is 0 Å². The number of benzene rings is 1. The van der Waals surface area contributed by atoms with Crippen molar-refractivity contribution < 1.29 is 0 Å². The first-order valence-corrected chi connectivity index (χ1v) is 6.31. The molecule has 2 rings (SSSR count). The van der Waals surface area contributed by atoms with Crippen LogP contribution in [0.5, 0.6) is 0 Å². The van der Waals surface area contributed by atoms with E-state index >= 15 is 0 Å². The van der Waals surface area contributed by atoms with Crippen molar-refractivity contribution in [1.29, 1.82) is 0 Å². The Bertz CT molecular complexity index is 342. The minimum atomic E-state index is 0.115. The summed E-state index contributed by atoms with van der Waals surface area (Å²) in [4.78, 5) is 2.47. The average Bonchev–Trinajstić information content (AvgIpc) is 3.09. The van der Waals surface area contributed by atoms with Gasteiger partial charge in [0.05, 0.1) is 0 Å². The molecule has 1 fully saturated rings. The maximum absolute atomic E-state index is 6.03. The van der Waals surface area contributed by atoms with Gasteiger partial charge in [0.1, 0.15) is 0 Å². The summed E-state index contributed by atoms with van der Waals surface area (Å²) in [6, 6.07) is 8.65. The Hall–Kier alpha value is -1.02. The maximum Gasteiger partial charge on any atom is 0.0414 e. The van der Waals surface area contributed by atoms with Crippen molar-refractivity contribution in [1.82, 2.24) is 0 Å². The largest absolute Gasteiger partial charge is 0.371 e. The lowest BCUT2D eigenvalue weighted by Gasteiger charge is -2.27. The first-order chi connectivity index (χ1) is 7.72. The summed E-state index contributed by atoms with van der Waals surface area (Å²) in [6.45, 7) is 6.55. The summed E-state index contributed by atoms with van der Waals surface area (Å²) in [5.41, 5.74) is 8.62. The summed E-state index contributed by atoms with van der Waals surface area (Å²) in [7, 11) is 0. The molecule has 0 amide bonds. The number of rotatable bonds is 5. The van der Waals surface area contributed by atoms with Crippen molar-refractivity contribution in [2.24, 2.45) is 11.7 Å². The monoisotopic (exact) mass is 218 g/mol. The topological polar surface area (TPSA) is 29.3 Å². The zero-order valence-corrected chi connectivity index (χ0v) is 10.3. The Morgan fingerprint density at radius 1 is 1.38 bits per heavy atom. The quantitative estimate of drug-likeness (QED) is 0.823. The van der Waals surface area contributed by atoms with E-state index in [0.717, 1.165) is 12.5 Å². The number of nitrogens with two attached hydrogens (primary N) is 1. The van der Waals surface area contributed by atoms with Crippen LogP contribution in [0.15, 0.2) is 24.3 Å². The van der Waals surface area contributed by atoms with Crippen LogP contribution in [-0.2, 0) is 0 Å². The predicted molar refractivity (Wildman–Crippen MR) is 69.7 cm³/mol. The Balaban J connectivity index is 2.21. The van der Waals surface area contributed by atoms with Gasteiger partial charge in [-0.1, -0.05) is 18.2 Å². The average molecular weight is 218 g/mol. The van der Waals surface area contributed by atoms with Crippen molar-refractivity contribution in [3.8, 4) is 0 Å². The summed E-state index contributed by atoms with van der Waals surface area (Å²) in [6.07, 6.45) is 2.80. The lowest BCUT2D eigenvalue weighted by atomic mass is 10.1. The Morgan fingerprint density at radius 3 is 2.62 bits per heavy atom. The molecule has 0 radical (unpaired) electrons. The molecule has 0 aromatic heterocycles. The van der Waals surface area contributed by atoms with Crippen LogP contribution in [-0.4, -0.2) is 13.1 Å². The second-order valence-corrected chi connectivity index (χ2v) is 4.83. The SMILES string of the molecule is CCN(CC1CC1)c1ccccc1C(C)N. The Morgan fingerprint density at radius 2 is 2.06 bits per heavy atom. The molecule has 1 unspecified atom stereocenters. The van der Waals surface area contributed by atoms with Crippen molar-refractivity contribution in [3.05, 3.63) is 29.8 Å². The molecule has 16 heavy (non-hydrogen) atoms. The third-order valence-corrected chi connectivity index (χ3v) is 3.33. The first-order valence-electron chi connectivity index (χ1n) is 6.31. The van der Waals surface area contributed by atoms with Crippen LogP contribution in [0, 0.1) is 5.92 Å². The normalized spacial score (nSPS) is 17.2. The van der Waals surface area contributed by atoms with Gasteiger partial charge >= 0.3 is 0 Å². The molecular formula is C14H22N2. The summed E-state index contributed by atoms with van der Waals surface area (Å²) in [5.74, 6) is 0.918. The first kappa shape index (κ1) is 11.5. The summed E-state index contributed by atoms with van der Waals surface area (Å²) < 4.78 is 0. The van der Waals surface area contributed by atoms with E-state index < -0.39 is 0 Å². The van der Waals surface area contributed by atoms with Crippen LogP contribution in [0.3, 0.4) is 0 Å². The van der Waals surface area contributed by atoms with Gasteiger partial charge in [-0.2, -0.15) is 0 Å². The summed E-state index contributed by atoms with van der Waals surface area (Å²) >= 11 is 0. The minimum absolute atomic E-state index is 0.115. The molecule has 1 atom stereocenters. The van der Waals surface area contributed by atoms with Gasteiger partial charge < -0.3 is 10.6 Å². The van der Waals surface area contributed by atoms with E-state index in [4.69, 9.17) is 5.73 Å². The molecule has 1 aromatic carbocycles. The second kappa shape index (κ2) is 4.88. The van der Waals surface area contributed by atoms with Crippen LogP contribution < -0.4 is 10.6 Å². The molecule has 1 saturated carbocycles. The highest BCUT2D eigenvalue weighted by molar-refractivity contribution is 5.55. The molecule has 2 N–H and O–H groups in total. The Labute approximate surface area is 98.4 Å². The lowest BCUT2D eigenvalue weighted by molar-refractivity contribution is 0.726. The van der Waals surface area contributed by atoms with Crippen molar-refractivity contribution in [2.45, 2.75) is 32.7 Å². The van der Waals surface area contributed by atoms with E-state index in [2.05, 4.69) is 43.0 Å². The number of hydrogen-bond acceptors (Lipinski definition) is 2. The molecule has 2 heteroatoms. The standard InChI is InChI=1S/C14H22N2/c1-3-16(10-12-8-9-12)14-7-5-4-6-13(14)11(2)15/h4-7,11-12H,3,8-10,15H2,1-2H3. The van der Waals surface area contributed by atoms with E-state index in [9.17, 15) is 0 Å². The highest BCUT2D eigenvalue weighted by Crippen LogP contribution is 2.33. The van der Waals surface area contributed by atoms with Gasteiger partial charge in [-0.25, -0.2) is 0 Å². The third kappa shape index (κ3) is 2.56. The molecule has 0 heterocycles. The van der Waals surface area contributed by atoms with E-state index in [-0.39, 0.29) is 6.04 Å². The van der Waals surface area contributed by atoms with Crippen LogP contribution in [0.1, 0.15) is 38.3 Å². The predicted octanol–water partition coefficient (Wildman–Crippen LogP) is 2.94. The van der Waals surface area contributed by atoms with Crippen molar-refractivity contribution in [3.63, 3.8) is 0 Å². The second-order valence-electron chi connectivity index (χ2n) is 4.83. The highest BCUT2D eigenvalue weighted by Gasteiger charge is 2.24. The van der Waals surface area contributed by atoms with Gasteiger partial charge in [0.25, 0.3) is 0 Å². The van der Waals surface area contributed by atoms with Crippen molar-refractivity contribution in [2.75, 3.05) is 18.0 Å². The molecule has 0 saturated heterocycles. The van der Waals surface area contributed by atoms with Crippen molar-refractivity contribution >= 4 is 5.69 Å². The molecule has 0 aliphatic heterocycles. The molecule has 1 aromatic rings. The number of nitrogens with zero attached hydrogens (tertiary/aromatic N) is 1. The third-order valence-electron chi connectivity index (χ3n) is 3.33. The highest BCUT2D eigenvalue weighted by atomic mass is 15.1. The van der Waals surface area contributed by atoms with E-state index in [1.165, 1.54) is 30.6 Å². The van der Waals surface area contributed by atoms with E-state index in [1.54, 1.807) is 0 Å². The molecule has 88 valence electrons. The fraction of sp³-hybridized carbons (Fsp3) is 0.571. The molecule has 0 spiro atoms. The van der Waals surface area contributed by atoms with Gasteiger partial charge in [0, 0.05) is 24.8 Å². The minimum Gasteiger partial charge on any atom is -0.371 e. The van der Waals surface area contributed by atoms with E-state index in [1.807, 2.05) is 0 Å². The fourth-order valence-electron chi connectivity index (χ4n) is 2.17.